The fourth-order valence-corrected chi connectivity index (χ4v) is 0.976. The van der Waals surface area contributed by atoms with Gasteiger partial charge in [0.25, 0.3) is 5.88 Å². The Bertz CT molecular complexity index is 286. The second kappa shape index (κ2) is 4.09. The normalized spacial score (nSPS) is 12.3. The molecule has 0 bridgehead atoms. The van der Waals surface area contributed by atoms with Crippen molar-refractivity contribution in [3.05, 3.63) is 17.8 Å². The van der Waals surface area contributed by atoms with Gasteiger partial charge in [-0.3, -0.25) is 0 Å². The molecule has 0 radical (unpaired) electrons. The molecule has 72 valence electrons. The second-order valence-electron chi connectivity index (χ2n) is 2.62. The average molecular weight is 183 g/mol. The number of pyridine rings is 1. The third-order valence-electron chi connectivity index (χ3n) is 1.69. The number of hydrogen-bond acceptors (Lipinski definition) is 4. The molecule has 1 N–H and O–H groups in total. The molecule has 0 fully saturated rings. The first-order valence-electron chi connectivity index (χ1n) is 3.96. The lowest BCUT2D eigenvalue weighted by Crippen LogP contribution is -1.99. The van der Waals surface area contributed by atoms with E-state index in [9.17, 15) is 5.11 Å². The number of rotatable bonds is 3. The van der Waals surface area contributed by atoms with Crippen LogP contribution in [0.1, 0.15) is 18.7 Å². The van der Waals surface area contributed by atoms with Crippen LogP contribution in [0, 0.1) is 0 Å². The maximum atomic E-state index is 9.25. The zero-order chi connectivity index (χ0) is 9.84. The summed E-state index contributed by atoms with van der Waals surface area (Å²) in [6, 6.07) is 3.42. The lowest BCUT2D eigenvalue weighted by atomic mass is 10.2. The minimum atomic E-state index is -0.597. The molecular formula is C9H13NO3. The Labute approximate surface area is 77.1 Å². The molecule has 0 aromatic carbocycles. The number of methoxy groups -OCH3 is 2. The Morgan fingerprint density at radius 3 is 2.46 bits per heavy atom. The lowest BCUT2D eigenvalue weighted by molar-refractivity contribution is 0.192. The number of aliphatic hydroxyl groups is 1. The van der Waals surface area contributed by atoms with E-state index in [1.807, 2.05) is 0 Å². The SMILES string of the molecule is COc1ccc(C(C)O)nc1OC. The molecule has 4 heteroatoms. The predicted molar refractivity (Wildman–Crippen MR) is 48.0 cm³/mol. The molecular weight excluding hydrogens is 170 g/mol. The van der Waals surface area contributed by atoms with Crippen LogP contribution in [-0.2, 0) is 0 Å². The van der Waals surface area contributed by atoms with Gasteiger partial charge in [-0.05, 0) is 19.1 Å². The van der Waals surface area contributed by atoms with Crippen LogP contribution in [0.25, 0.3) is 0 Å². The summed E-state index contributed by atoms with van der Waals surface area (Å²) in [6.07, 6.45) is -0.597. The third-order valence-corrected chi connectivity index (χ3v) is 1.69. The van der Waals surface area contributed by atoms with E-state index in [-0.39, 0.29) is 0 Å². The van der Waals surface area contributed by atoms with Gasteiger partial charge in [0, 0.05) is 0 Å². The smallest absolute Gasteiger partial charge is 0.257 e. The maximum Gasteiger partial charge on any atom is 0.257 e. The molecule has 13 heavy (non-hydrogen) atoms. The van der Waals surface area contributed by atoms with Gasteiger partial charge < -0.3 is 14.6 Å². The minimum absolute atomic E-state index is 0.390. The lowest BCUT2D eigenvalue weighted by Gasteiger charge is -2.09. The van der Waals surface area contributed by atoms with Gasteiger partial charge in [0.15, 0.2) is 5.75 Å². The molecule has 0 aliphatic heterocycles. The summed E-state index contributed by atoms with van der Waals surface area (Å²) >= 11 is 0. The molecule has 1 aromatic rings. The summed E-state index contributed by atoms with van der Waals surface area (Å²) in [6.45, 7) is 1.65. The standard InChI is InChI=1S/C9H13NO3/c1-6(11)7-4-5-8(12-2)9(10-7)13-3/h4-6,11H,1-3H3. The van der Waals surface area contributed by atoms with E-state index in [1.54, 1.807) is 26.2 Å². The molecule has 0 aliphatic carbocycles. The van der Waals surface area contributed by atoms with Crippen molar-refractivity contribution in [1.29, 1.82) is 0 Å². The van der Waals surface area contributed by atoms with Gasteiger partial charge in [0.1, 0.15) is 0 Å². The van der Waals surface area contributed by atoms with Crippen molar-refractivity contribution in [2.24, 2.45) is 0 Å². The summed E-state index contributed by atoms with van der Waals surface area (Å²) in [5.41, 5.74) is 0.567. The first-order valence-corrected chi connectivity index (χ1v) is 3.96. The van der Waals surface area contributed by atoms with Crippen molar-refractivity contribution in [3.63, 3.8) is 0 Å². The number of aliphatic hydroxyl groups excluding tert-OH is 1. The van der Waals surface area contributed by atoms with E-state index in [1.165, 1.54) is 7.11 Å². The van der Waals surface area contributed by atoms with Crippen molar-refractivity contribution in [1.82, 2.24) is 4.98 Å². The Kier molecular flexibility index (Phi) is 3.08. The van der Waals surface area contributed by atoms with Crippen LogP contribution in [0.2, 0.25) is 0 Å². The summed E-state index contributed by atoms with van der Waals surface area (Å²) in [4.78, 5) is 4.06. The number of hydrogen-bond donors (Lipinski definition) is 1. The highest BCUT2D eigenvalue weighted by molar-refractivity contribution is 5.35. The van der Waals surface area contributed by atoms with Crippen molar-refractivity contribution < 1.29 is 14.6 Å². The molecule has 1 rings (SSSR count). The van der Waals surface area contributed by atoms with Gasteiger partial charge in [0.05, 0.1) is 26.0 Å². The molecule has 4 nitrogen and oxygen atoms in total. The van der Waals surface area contributed by atoms with E-state index in [0.29, 0.717) is 17.3 Å². The van der Waals surface area contributed by atoms with Crippen molar-refractivity contribution in [2.75, 3.05) is 14.2 Å². The first-order chi connectivity index (χ1) is 6.19. The first kappa shape index (κ1) is 9.80. The highest BCUT2D eigenvalue weighted by Gasteiger charge is 2.08. The highest BCUT2D eigenvalue weighted by Crippen LogP contribution is 2.25. The fourth-order valence-electron chi connectivity index (χ4n) is 0.976. The van der Waals surface area contributed by atoms with Gasteiger partial charge in [-0.25, -0.2) is 4.98 Å². The number of ether oxygens (including phenoxy) is 2. The van der Waals surface area contributed by atoms with Crippen LogP contribution in [0.4, 0.5) is 0 Å². The average Bonchev–Trinajstić information content (AvgIpc) is 2.16. The van der Waals surface area contributed by atoms with E-state index in [2.05, 4.69) is 4.98 Å². The van der Waals surface area contributed by atoms with Crippen LogP contribution in [-0.4, -0.2) is 24.3 Å². The molecule has 1 unspecified atom stereocenters. The van der Waals surface area contributed by atoms with Gasteiger partial charge in [-0.15, -0.1) is 0 Å². The van der Waals surface area contributed by atoms with Gasteiger partial charge in [-0.1, -0.05) is 0 Å². The van der Waals surface area contributed by atoms with E-state index in [0.717, 1.165) is 0 Å². The molecule has 1 heterocycles. The topological polar surface area (TPSA) is 51.6 Å². The highest BCUT2D eigenvalue weighted by atomic mass is 16.5. The van der Waals surface area contributed by atoms with E-state index in [4.69, 9.17) is 9.47 Å². The predicted octanol–water partition coefficient (Wildman–Crippen LogP) is 1.15. The monoisotopic (exact) mass is 183 g/mol. The Morgan fingerprint density at radius 2 is 2.00 bits per heavy atom. The van der Waals surface area contributed by atoms with Crippen molar-refractivity contribution in [3.8, 4) is 11.6 Å². The fraction of sp³-hybridized carbons (Fsp3) is 0.444. The van der Waals surface area contributed by atoms with Crippen LogP contribution < -0.4 is 9.47 Å². The molecule has 0 saturated heterocycles. The maximum absolute atomic E-state index is 9.25. The molecule has 0 amide bonds. The van der Waals surface area contributed by atoms with Crippen molar-refractivity contribution >= 4 is 0 Å². The minimum Gasteiger partial charge on any atom is -0.491 e. The Balaban J connectivity index is 3.05. The molecule has 1 aromatic heterocycles. The molecule has 0 saturated carbocycles. The molecule has 0 aliphatic rings. The van der Waals surface area contributed by atoms with Crippen LogP contribution in [0.3, 0.4) is 0 Å². The summed E-state index contributed by atoms with van der Waals surface area (Å²) in [7, 11) is 3.05. The van der Waals surface area contributed by atoms with Crippen LogP contribution in [0.15, 0.2) is 12.1 Å². The van der Waals surface area contributed by atoms with Gasteiger partial charge in [-0.2, -0.15) is 0 Å². The van der Waals surface area contributed by atoms with Crippen molar-refractivity contribution in [2.45, 2.75) is 13.0 Å². The van der Waals surface area contributed by atoms with Gasteiger partial charge >= 0.3 is 0 Å². The quantitative estimate of drug-likeness (QED) is 0.763. The number of aromatic nitrogens is 1. The Hall–Kier alpha value is -1.29. The van der Waals surface area contributed by atoms with Crippen LogP contribution >= 0.6 is 0 Å². The molecule has 1 atom stereocenters. The van der Waals surface area contributed by atoms with Gasteiger partial charge in [0.2, 0.25) is 0 Å². The van der Waals surface area contributed by atoms with E-state index >= 15 is 0 Å². The summed E-state index contributed by atoms with van der Waals surface area (Å²) in [5.74, 6) is 0.952. The zero-order valence-electron chi connectivity index (χ0n) is 7.94. The summed E-state index contributed by atoms with van der Waals surface area (Å²) < 4.78 is 9.98. The summed E-state index contributed by atoms with van der Waals surface area (Å²) in [5, 5.41) is 9.25. The van der Waals surface area contributed by atoms with Crippen LogP contribution in [0.5, 0.6) is 11.6 Å². The third kappa shape index (κ3) is 2.09. The molecule has 0 spiro atoms. The second-order valence-corrected chi connectivity index (χ2v) is 2.62. The zero-order valence-corrected chi connectivity index (χ0v) is 7.94. The largest absolute Gasteiger partial charge is 0.491 e. The number of nitrogens with zero attached hydrogens (tertiary/aromatic N) is 1. The Morgan fingerprint density at radius 1 is 1.31 bits per heavy atom. The van der Waals surface area contributed by atoms with E-state index < -0.39 is 6.10 Å².